The predicted octanol–water partition coefficient (Wildman–Crippen LogP) is 12.6. The molecule has 8 aromatic rings. The van der Waals surface area contributed by atoms with Gasteiger partial charge in [0.2, 0.25) is 0 Å². The van der Waals surface area contributed by atoms with E-state index in [0.717, 1.165) is 67.2 Å². The van der Waals surface area contributed by atoms with Crippen LogP contribution in [0.25, 0.3) is 37.9 Å². The highest BCUT2D eigenvalue weighted by molar-refractivity contribution is 6.07. The molecule has 0 atom stereocenters. The minimum absolute atomic E-state index is 0.600. The Bertz CT molecular complexity index is 2490. The van der Waals surface area contributed by atoms with Gasteiger partial charge in [0.1, 0.15) is 11.2 Å². The highest BCUT2D eigenvalue weighted by Gasteiger charge is 2.18. The molecule has 5 heteroatoms. The largest absolute Gasteiger partial charge is 0.456 e. The second kappa shape index (κ2) is 12.6. The predicted molar refractivity (Wildman–Crippen MR) is 199 cm³/mol. The lowest BCUT2D eigenvalue weighted by Crippen LogP contribution is -2.09. The molecular weight excluding hydrogens is 601 g/mol. The number of benzene rings is 7. The van der Waals surface area contributed by atoms with E-state index in [-0.39, 0.29) is 0 Å². The van der Waals surface area contributed by atoms with Gasteiger partial charge >= 0.3 is 0 Å². The lowest BCUT2D eigenvalue weighted by atomic mass is 10.0. The summed E-state index contributed by atoms with van der Waals surface area (Å²) in [6, 6.07) is 59.1. The molecule has 0 spiro atoms. The maximum absolute atomic E-state index is 9.44. The standard InChI is InChI=1S/C44H28N4O/c1-46-34-16-22-38(23-17-34)47(35-10-6-3-7-11-35)39-24-26-41-42-27-25-40(29-44(42)49-43(41)28-39)48(36-18-12-31(30-45)13-19-36)37-20-14-33(15-21-37)32-8-4-2-5-9-32/h2-29H. The van der Waals surface area contributed by atoms with Crippen LogP contribution in [0.3, 0.4) is 0 Å². The zero-order chi connectivity index (χ0) is 33.2. The summed E-state index contributed by atoms with van der Waals surface area (Å²) in [6.45, 7) is 7.37. The van der Waals surface area contributed by atoms with E-state index in [4.69, 9.17) is 11.0 Å². The molecule has 1 aromatic heterocycles. The van der Waals surface area contributed by atoms with E-state index in [2.05, 4.69) is 106 Å². The number of para-hydroxylation sites is 1. The molecule has 0 aliphatic heterocycles. The van der Waals surface area contributed by atoms with Gasteiger partial charge in [-0.3, -0.25) is 0 Å². The summed E-state index contributed by atoms with van der Waals surface area (Å²) in [4.78, 5) is 7.91. The van der Waals surface area contributed by atoms with Gasteiger partial charge in [0.15, 0.2) is 5.69 Å². The molecule has 0 radical (unpaired) electrons. The maximum atomic E-state index is 9.44. The summed E-state index contributed by atoms with van der Waals surface area (Å²) in [6.07, 6.45) is 0. The van der Waals surface area contributed by atoms with E-state index in [1.165, 1.54) is 0 Å². The first-order valence-electron chi connectivity index (χ1n) is 15.9. The van der Waals surface area contributed by atoms with Gasteiger partial charge in [0.25, 0.3) is 0 Å². The lowest BCUT2D eigenvalue weighted by Gasteiger charge is -2.25. The average molecular weight is 629 g/mol. The minimum atomic E-state index is 0.600. The normalized spacial score (nSPS) is 10.8. The van der Waals surface area contributed by atoms with Gasteiger partial charge in [-0.25, -0.2) is 4.85 Å². The summed E-state index contributed by atoms with van der Waals surface area (Å²) >= 11 is 0. The maximum Gasteiger partial charge on any atom is 0.187 e. The van der Waals surface area contributed by atoms with Crippen molar-refractivity contribution in [3.8, 4) is 17.2 Å². The molecule has 0 N–H and O–H groups in total. The van der Waals surface area contributed by atoms with E-state index in [1.54, 1.807) is 0 Å². The summed E-state index contributed by atoms with van der Waals surface area (Å²) < 4.78 is 6.59. The van der Waals surface area contributed by atoms with E-state index >= 15 is 0 Å². The first-order valence-corrected chi connectivity index (χ1v) is 15.9. The molecule has 0 aliphatic rings. The van der Waals surface area contributed by atoms with Crippen molar-refractivity contribution in [1.82, 2.24) is 0 Å². The van der Waals surface area contributed by atoms with Crippen molar-refractivity contribution in [3.05, 3.63) is 187 Å². The summed E-state index contributed by atoms with van der Waals surface area (Å²) in [5.74, 6) is 0. The third-order valence-electron chi connectivity index (χ3n) is 8.70. The first-order chi connectivity index (χ1) is 24.2. The van der Waals surface area contributed by atoms with Crippen LogP contribution in [-0.2, 0) is 0 Å². The van der Waals surface area contributed by atoms with E-state index in [9.17, 15) is 5.26 Å². The van der Waals surface area contributed by atoms with Crippen LogP contribution in [-0.4, -0.2) is 0 Å². The summed E-state index contributed by atoms with van der Waals surface area (Å²) in [5, 5.41) is 11.5. The van der Waals surface area contributed by atoms with E-state index in [0.29, 0.717) is 11.3 Å². The van der Waals surface area contributed by atoms with Crippen molar-refractivity contribution in [2.45, 2.75) is 0 Å². The van der Waals surface area contributed by atoms with E-state index in [1.807, 2.05) is 84.9 Å². The van der Waals surface area contributed by atoms with Gasteiger partial charge in [-0.2, -0.15) is 5.26 Å². The number of nitrogens with zero attached hydrogens (tertiary/aromatic N) is 4. The van der Waals surface area contributed by atoms with Crippen molar-refractivity contribution in [3.63, 3.8) is 0 Å². The Hall–Kier alpha value is -7.08. The summed E-state index contributed by atoms with van der Waals surface area (Å²) in [5.41, 5.74) is 10.8. The monoisotopic (exact) mass is 628 g/mol. The van der Waals surface area contributed by atoms with Gasteiger partial charge in [0, 0.05) is 57.0 Å². The zero-order valence-electron chi connectivity index (χ0n) is 26.4. The molecule has 0 aliphatic carbocycles. The van der Waals surface area contributed by atoms with Gasteiger partial charge < -0.3 is 14.2 Å². The van der Waals surface area contributed by atoms with Crippen LogP contribution in [0.4, 0.5) is 39.8 Å². The molecule has 230 valence electrons. The van der Waals surface area contributed by atoms with Crippen molar-refractivity contribution in [2.24, 2.45) is 0 Å². The van der Waals surface area contributed by atoms with Crippen molar-refractivity contribution in [2.75, 3.05) is 9.80 Å². The van der Waals surface area contributed by atoms with Crippen LogP contribution in [0.15, 0.2) is 174 Å². The topological polar surface area (TPSA) is 47.8 Å². The SMILES string of the molecule is [C-]#[N+]c1ccc(N(c2ccccc2)c2ccc3c(c2)oc2cc(N(c4ccc(C#N)cc4)c4ccc(-c5ccccc5)cc4)ccc23)cc1. The van der Waals surface area contributed by atoms with Crippen LogP contribution in [0.5, 0.6) is 0 Å². The van der Waals surface area contributed by atoms with Crippen molar-refractivity contribution >= 4 is 61.8 Å². The van der Waals surface area contributed by atoms with Crippen LogP contribution < -0.4 is 9.80 Å². The Morgan fingerprint density at radius 1 is 0.469 bits per heavy atom. The minimum Gasteiger partial charge on any atom is -0.456 e. The molecule has 5 nitrogen and oxygen atoms in total. The molecule has 8 rings (SSSR count). The van der Waals surface area contributed by atoms with Gasteiger partial charge in [0.05, 0.1) is 18.2 Å². The number of rotatable bonds is 7. The van der Waals surface area contributed by atoms with Gasteiger partial charge in [-0.05, 0) is 96.1 Å². The quantitative estimate of drug-likeness (QED) is 0.165. The van der Waals surface area contributed by atoms with Crippen LogP contribution in [0.1, 0.15) is 5.56 Å². The number of hydrogen-bond acceptors (Lipinski definition) is 4. The van der Waals surface area contributed by atoms with Crippen molar-refractivity contribution < 1.29 is 4.42 Å². The fourth-order valence-corrected chi connectivity index (χ4v) is 6.30. The van der Waals surface area contributed by atoms with Crippen LogP contribution in [0.2, 0.25) is 0 Å². The number of furan rings is 1. The molecule has 0 saturated carbocycles. The highest BCUT2D eigenvalue weighted by atomic mass is 16.3. The average Bonchev–Trinajstić information content (AvgIpc) is 3.54. The number of hydrogen-bond donors (Lipinski definition) is 0. The highest BCUT2D eigenvalue weighted by Crippen LogP contribution is 2.42. The molecular formula is C44H28N4O. The van der Waals surface area contributed by atoms with Crippen molar-refractivity contribution in [1.29, 1.82) is 5.26 Å². The first kappa shape index (κ1) is 29.3. The van der Waals surface area contributed by atoms with Gasteiger partial charge in [-0.1, -0.05) is 72.8 Å². The Kier molecular flexibility index (Phi) is 7.55. The van der Waals surface area contributed by atoms with Crippen LogP contribution >= 0.6 is 0 Å². The number of anilines is 6. The van der Waals surface area contributed by atoms with Gasteiger partial charge in [-0.15, -0.1) is 0 Å². The third kappa shape index (κ3) is 5.63. The molecule has 0 saturated heterocycles. The molecule has 0 unspecified atom stereocenters. The molecule has 1 heterocycles. The second-order valence-electron chi connectivity index (χ2n) is 11.7. The third-order valence-corrected chi connectivity index (χ3v) is 8.70. The smallest absolute Gasteiger partial charge is 0.187 e. The number of fused-ring (bicyclic) bond motifs is 3. The fourth-order valence-electron chi connectivity index (χ4n) is 6.30. The molecule has 0 bridgehead atoms. The Morgan fingerprint density at radius 3 is 1.41 bits per heavy atom. The molecule has 49 heavy (non-hydrogen) atoms. The van der Waals surface area contributed by atoms with E-state index < -0.39 is 0 Å². The number of nitriles is 1. The molecule has 0 fully saturated rings. The summed E-state index contributed by atoms with van der Waals surface area (Å²) in [7, 11) is 0. The zero-order valence-corrected chi connectivity index (χ0v) is 26.4. The fraction of sp³-hybridized carbons (Fsp3) is 0. The Labute approximate surface area is 284 Å². The second-order valence-corrected chi connectivity index (χ2v) is 11.7. The Balaban J connectivity index is 1.22. The Morgan fingerprint density at radius 2 is 0.898 bits per heavy atom. The molecule has 7 aromatic carbocycles. The lowest BCUT2D eigenvalue weighted by molar-refractivity contribution is 0.669. The van der Waals surface area contributed by atoms with Crippen LogP contribution in [0, 0.1) is 17.9 Å². The molecule has 0 amide bonds.